The number of hydrogen-bond donors (Lipinski definition) is 0. The minimum atomic E-state index is 0.363. The molecular formula is C12H18O. The fourth-order valence-electron chi connectivity index (χ4n) is 1.75. The van der Waals surface area contributed by atoms with E-state index >= 15 is 0 Å². The summed E-state index contributed by atoms with van der Waals surface area (Å²) in [5.41, 5.74) is 1.06. The lowest BCUT2D eigenvalue weighted by atomic mass is 9.90. The maximum atomic E-state index is 11.4. The monoisotopic (exact) mass is 178 g/mol. The zero-order valence-corrected chi connectivity index (χ0v) is 8.38. The fourth-order valence-corrected chi connectivity index (χ4v) is 1.75. The highest BCUT2D eigenvalue weighted by Gasteiger charge is 2.14. The second-order valence-corrected chi connectivity index (χ2v) is 3.82. The van der Waals surface area contributed by atoms with Crippen molar-refractivity contribution >= 4 is 5.78 Å². The van der Waals surface area contributed by atoms with E-state index in [1.807, 2.05) is 6.08 Å². The van der Waals surface area contributed by atoms with E-state index < -0.39 is 0 Å². The Bertz CT molecular complexity index is 225. The van der Waals surface area contributed by atoms with Gasteiger partial charge < -0.3 is 0 Å². The molecule has 1 heteroatoms. The molecule has 0 N–H and O–H groups in total. The Morgan fingerprint density at radius 1 is 1.46 bits per heavy atom. The van der Waals surface area contributed by atoms with Gasteiger partial charge in [0.05, 0.1) is 0 Å². The van der Waals surface area contributed by atoms with Crippen molar-refractivity contribution in [3.8, 4) is 0 Å². The molecule has 0 saturated heterocycles. The third-order valence-corrected chi connectivity index (χ3v) is 2.48. The Morgan fingerprint density at radius 2 is 2.15 bits per heavy atom. The Labute approximate surface area is 80.5 Å². The molecule has 1 unspecified atom stereocenters. The first kappa shape index (κ1) is 10.2. The van der Waals surface area contributed by atoms with Crippen LogP contribution in [0, 0.1) is 5.92 Å². The molecular weight excluding hydrogens is 160 g/mol. The van der Waals surface area contributed by atoms with Crippen molar-refractivity contribution in [3.63, 3.8) is 0 Å². The summed E-state index contributed by atoms with van der Waals surface area (Å²) in [5, 5.41) is 0. The summed E-state index contributed by atoms with van der Waals surface area (Å²) in [4.78, 5) is 11.4. The maximum absolute atomic E-state index is 11.4. The SMILES string of the molecule is C=CCC(C)C=C1CCCCC1=O. The lowest BCUT2D eigenvalue weighted by Crippen LogP contribution is -2.09. The van der Waals surface area contributed by atoms with E-state index in [1.165, 1.54) is 6.42 Å². The first-order valence-electron chi connectivity index (χ1n) is 5.09. The molecule has 0 spiro atoms. The molecule has 1 atom stereocenters. The fraction of sp³-hybridized carbons (Fsp3) is 0.583. The molecule has 1 aliphatic rings. The van der Waals surface area contributed by atoms with Crippen LogP contribution in [0.1, 0.15) is 39.0 Å². The van der Waals surface area contributed by atoms with Gasteiger partial charge in [-0.3, -0.25) is 4.79 Å². The van der Waals surface area contributed by atoms with Crippen LogP contribution in [0.5, 0.6) is 0 Å². The largest absolute Gasteiger partial charge is 0.295 e. The van der Waals surface area contributed by atoms with E-state index in [2.05, 4.69) is 19.6 Å². The second-order valence-electron chi connectivity index (χ2n) is 3.82. The number of Topliss-reactive ketones (excluding diaryl/α,β-unsaturated/α-hetero) is 1. The third-order valence-electron chi connectivity index (χ3n) is 2.48. The van der Waals surface area contributed by atoms with Crippen LogP contribution < -0.4 is 0 Å². The molecule has 0 aromatic rings. The number of carbonyl (C=O) groups is 1. The first-order valence-corrected chi connectivity index (χ1v) is 5.09. The van der Waals surface area contributed by atoms with Crippen molar-refractivity contribution in [2.75, 3.05) is 0 Å². The van der Waals surface area contributed by atoms with Gasteiger partial charge in [-0.05, 0) is 37.2 Å². The summed E-state index contributed by atoms with van der Waals surface area (Å²) in [6.07, 6.45) is 9.01. The van der Waals surface area contributed by atoms with Gasteiger partial charge in [0.2, 0.25) is 0 Å². The Morgan fingerprint density at radius 3 is 2.77 bits per heavy atom. The number of ketones is 1. The molecule has 1 fully saturated rings. The zero-order chi connectivity index (χ0) is 9.68. The molecule has 0 amide bonds. The van der Waals surface area contributed by atoms with Crippen LogP contribution >= 0.6 is 0 Å². The number of carbonyl (C=O) groups excluding carboxylic acids is 1. The van der Waals surface area contributed by atoms with Gasteiger partial charge in [0, 0.05) is 6.42 Å². The molecule has 1 aliphatic carbocycles. The molecule has 1 nitrogen and oxygen atoms in total. The average Bonchev–Trinajstić information content (AvgIpc) is 2.09. The summed E-state index contributed by atoms with van der Waals surface area (Å²) in [6.45, 7) is 5.83. The number of hydrogen-bond acceptors (Lipinski definition) is 1. The average molecular weight is 178 g/mol. The quantitative estimate of drug-likeness (QED) is 0.479. The van der Waals surface area contributed by atoms with Crippen LogP contribution in [0.2, 0.25) is 0 Å². The molecule has 0 aliphatic heterocycles. The van der Waals surface area contributed by atoms with E-state index in [0.29, 0.717) is 11.7 Å². The van der Waals surface area contributed by atoms with Crippen molar-refractivity contribution in [1.82, 2.24) is 0 Å². The molecule has 13 heavy (non-hydrogen) atoms. The molecule has 1 saturated carbocycles. The minimum Gasteiger partial charge on any atom is -0.295 e. The molecule has 0 bridgehead atoms. The van der Waals surface area contributed by atoms with E-state index in [1.54, 1.807) is 0 Å². The topological polar surface area (TPSA) is 17.1 Å². The number of allylic oxidation sites excluding steroid dienone is 3. The van der Waals surface area contributed by atoms with Gasteiger partial charge in [0.1, 0.15) is 0 Å². The van der Waals surface area contributed by atoms with Crippen molar-refractivity contribution in [2.24, 2.45) is 5.92 Å². The van der Waals surface area contributed by atoms with E-state index in [9.17, 15) is 4.79 Å². The Hall–Kier alpha value is -0.850. The second kappa shape index (κ2) is 5.00. The smallest absolute Gasteiger partial charge is 0.158 e. The first-order chi connectivity index (χ1) is 6.24. The highest BCUT2D eigenvalue weighted by atomic mass is 16.1. The molecule has 0 aromatic carbocycles. The molecule has 72 valence electrons. The standard InChI is InChI=1S/C12H18O/c1-3-6-10(2)9-11-7-4-5-8-12(11)13/h3,9-10H,1,4-8H2,2H3. The predicted molar refractivity (Wildman–Crippen MR) is 55.5 cm³/mol. The van der Waals surface area contributed by atoms with E-state index in [4.69, 9.17) is 0 Å². The summed E-state index contributed by atoms with van der Waals surface area (Å²) >= 11 is 0. The Kier molecular flexibility index (Phi) is 3.94. The molecule has 0 aromatic heterocycles. The zero-order valence-electron chi connectivity index (χ0n) is 8.38. The third kappa shape index (κ3) is 3.17. The lowest BCUT2D eigenvalue weighted by Gasteiger charge is -2.14. The van der Waals surface area contributed by atoms with Crippen molar-refractivity contribution in [3.05, 3.63) is 24.3 Å². The number of rotatable bonds is 3. The predicted octanol–water partition coefficient (Wildman–Crippen LogP) is 3.27. The summed E-state index contributed by atoms with van der Waals surface area (Å²) in [6, 6.07) is 0. The van der Waals surface area contributed by atoms with Gasteiger partial charge in [-0.2, -0.15) is 0 Å². The van der Waals surface area contributed by atoms with Crippen molar-refractivity contribution in [1.29, 1.82) is 0 Å². The molecule has 0 radical (unpaired) electrons. The van der Waals surface area contributed by atoms with E-state index in [0.717, 1.165) is 31.3 Å². The normalized spacial score (nSPS) is 23.2. The highest BCUT2D eigenvalue weighted by molar-refractivity contribution is 5.95. The molecule has 1 rings (SSSR count). The summed E-state index contributed by atoms with van der Waals surface area (Å²) in [7, 11) is 0. The van der Waals surface area contributed by atoms with Gasteiger partial charge in [0.25, 0.3) is 0 Å². The van der Waals surface area contributed by atoms with Crippen LogP contribution in [0.15, 0.2) is 24.3 Å². The van der Waals surface area contributed by atoms with E-state index in [-0.39, 0.29) is 0 Å². The lowest BCUT2D eigenvalue weighted by molar-refractivity contribution is -0.116. The van der Waals surface area contributed by atoms with Crippen LogP contribution in [-0.2, 0) is 4.79 Å². The van der Waals surface area contributed by atoms with Gasteiger partial charge in [-0.25, -0.2) is 0 Å². The molecule has 0 heterocycles. The Balaban J connectivity index is 2.56. The van der Waals surface area contributed by atoms with Crippen LogP contribution in [-0.4, -0.2) is 5.78 Å². The summed E-state index contributed by atoms with van der Waals surface area (Å²) in [5.74, 6) is 0.830. The highest BCUT2D eigenvalue weighted by Crippen LogP contribution is 2.21. The van der Waals surface area contributed by atoms with Crippen molar-refractivity contribution < 1.29 is 4.79 Å². The van der Waals surface area contributed by atoms with Crippen LogP contribution in [0.4, 0.5) is 0 Å². The van der Waals surface area contributed by atoms with Gasteiger partial charge in [-0.1, -0.05) is 19.1 Å². The maximum Gasteiger partial charge on any atom is 0.158 e. The van der Waals surface area contributed by atoms with Crippen molar-refractivity contribution in [2.45, 2.75) is 39.0 Å². The van der Waals surface area contributed by atoms with Gasteiger partial charge in [-0.15, -0.1) is 6.58 Å². The van der Waals surface area contributed by atoms with Gasteiger partial charge in [0.15, 0.2) is 5.78 Å². The summed E-state index contributed by atoms with van der Waals surface area (Å²) < 4.78 is 0. The minimum absolute atomic E-state index is 0.363. The van der Waals surface area contributed by atoms with Gasteiger partial charge >= 0.3 is 0 Å². The van der Waals surface area contributed by atoms with Crippen LogP contribution in [0.3, 0.4) is 0 Å². The van der Waals surface area contributed by atoms with Crippen LogP contribution in [0.25, 0.3) is 0 Å².